The van der Waals surface area contributed by atoms with Crippen molar-refractivity contribution in [2.75, 3.05) is 6.61 Å². The maximum atomic E-state index is 5.67. The van der Waals surface area contributed by atoms with Crippen LogP contribution >= 0.6 is 12.4 Å². The molecule has 3 heteroatoms. The molecule has 2 aromatic carbocycles. The predicted molar refractivity (Wildman–Crippen MR) is 85.4 cm³/mol. The third-order valence-corrected chi connectivity index (χ3v) is 3.45. The maximum absolute atomic E-state index is 5.67. The van der Waals surface area contributed by atoms with E-state index in [0.717, 1.165) is 12.3 Å². The molecule has 0 saturated heterocycles. The Labute approximate surface area is 125 Å². The van der Waals surface area contributed by atoms with E-state index in [2.05, 4.69) is 41.6 Å². The van der Waals surface area contributed by atoms with E-state index >= 15 is 0 Å². The Morgan fingerprint density at radius 2 is 2.00 bits per heavy atom. The number of rotatable bonds is 5. The van der Waals surface area contributed by atoms with E-state index in [1.165, 1.54) is 29.2 Å². The molecule has 1 aliphatic carbocycles. The van der Waals surface area contributed by atoms with Gasteiger partial charge in [-0.2, -0.15) is 0 Å². The Morgan fingerprint density at radius 1 is 1.20 bits per heavy atom. The summed E-state index contributed by atoms with van der Waals surface area (Å²) >= 11 is 0. The molecule has 1 saturated carbocycles. The van der Waals surface area contributed by atoms with Crippen LogP contribution in [0, 0.1) is 12.3 Å². The fourth-order valence-electron chi connectivity index (χ4n) is 2.29. The third-order valence-electron chi connectivity index (χ3n) is 3.45. The van der Waals surface area contributed by atoms with Crippen LogP contribution in [-0.2, 0) is 6.54 Å². The van der Waals surface area contributed by atoms with E-state index in [1.807, 2.05) is 6.07 Å². The Hall–Kier alpha value is -1.69. The first-order valence-corrected chi connectivity index (χ1v) is 6.69. The van der Waals surface area contributed by atoms with Gasteiger partial charge in [0, 0.05) is 18.2 Å². The lowest BCUT2D eigenvalue weighted by atomic mass is 10.0. The van der Waals surface area contributed by atoms with Crippen molar-refractivity contribution in [3.63, 3.8) is 0 Å². The second-order valence-corrected chi connectivity index (χ2v) is 4.91. The van der Waals surface area contributed by atoms with Gasteiger partial charge in [0.15, 0.2) is 0 Å². The van der Waals surface area contributed by atoms with Crippen molar-refractivity contribution in [2.24, 2.45) is 0 Å². The second-order valence-electron chi connectivity index (χ2n) is 4.91. The van der Waals surface area contributed by atoms with Crippen LogP contribution in [0.4, 0.5) is 0 Å². The fraction of sp³-hybridized carbons (Fsp3) is 0.294. The van der Waals surface area contributed by atoms with Gasteiger partial charge in [0.05, 0.1) is 0 Å². The van der Waals surface area contributed by atoms with Gasteiger partial charge in [0.1, 0.15) is 12.4 Å². The first-order chi connectivity index (χ1) is 9.38. The van der Waals surface area contributed by atoms with Gasteiger partial charge in [-0.1, -0.05) is 36.3 Å². The first-order valence-electron chi connectivity index (χ1n) is 6.69. The highest BCUT2D eigenvalue weighted by molar-refractivity contribution is 5.87. The molecule has 0 bridgehead atoms. The van der Waals surface area contributed by atoms with Crippen molar-refractivity contribution in [1.29, 1.82) is 0 Å². The van der Waals surface area contributed by atoms with Crippen LogP contribution in [0.15, 0.2) is 36.4 Å². The van der Waals surface area contributed by atoms with Gasteiger partial charge in [0.25, 0.3) is 0 Å². The van der Waals surface area contributed by atoms with Gasteiger partial charge in [0.2, 0.25) is 0 Å². The molecule has 0 atom stereocenters. The summed E-state index contributed by atoms with van der Waals surface area (Å²) in [4.78, 5) is 0. The number of terminal acetylenes is 1. The lowest BCUT2D eigenvalue weighted by Gasteiger charge is -2.13. The zero-order chi connectivity index (χ0) is 13.1. The van der Waals surface area contributed by atoms with Crippen LogP contribution in [-0.4, -0.2) is 12.6 Å². The van der Waals surface area contributed by atoms with Crippen molar-refractivity contribution in [3.8, 4) is 18.1 Å². The number of ether oxygens (including phenoxy) is 1. The summed E-state index contributed by atoms with van der Waals surface area (Å²) in [6.07, 6.45) is 7.85. The Morgan fingerprint density at radius 3 is 2.75 bits per heavy atom. The highest BCUT2D eigenvalue weighted by atomic mass is 35.5. The van der Waals surface area contributed by atoms with Gasteiger partial charge < -0.3 is 10.1 Å². The quantitative estimate of drug-likeness (QED) is 0.850. The second kappa shape index (κ2) is 6.65. The van der Waals surface area contributed by atoms with Crippen LogP contribution in [0.3, 0.4) is 0 Å². The molecule has 3 rings (SSSR count). The van der Waals surface area contributed by atoms with Gasteiger partial charge >= 0.3 is 0 Å². The van der Waals surface area contributed by atoms with Crippen molar-refractivity contribution in [3.05, 3.63) is 42.0 Å². The van der Waals surface area contributed by atoms with Crippen molar-refractivity contribution in [2.45, 2.75) is 25.4 Å². The average molecular weight is 288 g/mol. The summed E-state index contributed by atoms with van der Waals surface area (Å²) in [5.41, 5.74) is 1.21. The zero-order valence-corrected chi connectivity index (χ0v) is 12.1. The topological polar surface area (TPSA) is 21.3 Å². The first kappa shape index (κ1) is 14.7. The minimum atomic E-state index is 0. The largest absolute Gasteiger partial charge is 0.481 e. The van der Waals surface area contributed by atoms with Gasteiger partial charge in [-0.15, -0.1) is 18.8 Å². The Kier molecular flexibility index (Phi) is 4.89. The van der Waals surface area contributed by atoms with Crippen LogP contribution in [0.1, 0.15) is 18.4 Å². The third kappa shape index (κ3) is 3.25. The summed E-state index contributed by atoms with van der Waals surface area (Å²) in [7, 11) is 0. The molecule has 2 aromatic rings. The molecule has 1 N–H and O–H groups in total. The highest BCUT2D eigenvalue weighted by Gasteiger charge is 2.21. The van der Waals surface area contributed by atoms with Crippen molar-refractivity contribution < 1.29 is 4.74 Å². The number of hydrogen-bond acceptors (Lipinski definition) is 2. The highest BCUT2D eigenvalue weighted by Crippen LogP contribution is 2.29. The summed E-state index contributed by atoms with van der Waals surface area (Å²) in [6, 6.07) is 13.2. The summed E-state index contributed by atoms with van der Waals surface area (Å²) in [6.45, 7) is 1.15. The van der Waals surface area contributed by atoms with Gasteiger partial charge in [-0.05, 0) is 29.7 Å². The fourth-order valence-corrected chi connectivity index (χ4v) is 2.29. The number of nitrogens with one attached hydrogen (secondary N) is 1. The Bertz CT molecular complexity index is 628. The SMILES string of the molecule is C#CCOc1ccc2ccccc2c1CNC1CC1.Cl. The number of halogens is 1. The van der Waals surface area contributed by atoms with E-state index in [1.54, 1.807) is 0 Å². The van der Waals surface area contributed by atoms with Gasteiger partial charge in [-0.3, -0.25) is 0 Å². The van der Waals surface area contributed by atoms with E-state index in [9.17, 15) is 0 Å². The molecular weight excluding hydrogens is 270 g/mol. The molecule has 20 heavy (non-hydrogen) atoms. The lowest BCUT2D eigenvalue weighted by Crippen LogP contribution is -2.16. The minimum absolute atomic E-state index is 0. The van der Waals surface area contributed by atoms with E-state index in [4.69, 9.17) is 11.2 Å². The van der Waals surface area contributed by atoms with Gasteiger partial charge in [-0.25, -0.2) is 0 Å². The van der Waals surface area contributed by atoms with Crippen LogP contribution in [0.5, 0.6) is 5.75 Å². The minimum Gasteiger partial charge on any atom is -0.481 e. The lowest BCUT2D eigenvalue weighted by molar-refractivity contribution is 0.365. The van der Waals surface area contributed by atoms with Crippen LogP contribution in [0.2, 0.25) is 0 Å². The molecule has 0 aliphatic heterocycles. The average Bonchev–Trinajstić information content (AvgIpc) is 3.27. The van der Waals surface area contributed by atoms with Crippen molar-refractivity contribution in [1.82, 2.24) is 5.32 Å². The normalized spacial score (nSPS) is 13.6. The van der Waals surface area contributed by atoms with E-state index in [-0.39, 0.29) is 12.4 Å². The molecule has 0 aromatic heterocycles. The zero-order valence-electron chi connectivity index (χ0n) is 11.3. The summed E-state index contributed by atoms with van der Waals surface area (Å²) < 4.78 is 5.67. The van der Waals surface area contributed by atoms with E-state index < -0.39 is 0 Å². The molecule has 0 unspecified atom stereocenters. The molecule has 0 radical (unpaired) electrons. The van der Waals surface area contributed by atoms with Crippen LogP contribution in [0.25, 0.3) is 10.8 Å². The van der Waals surface area contributed by atoms with E-state index in [0.29, 0.717) is 12.6 Å². The molecule has 104 valence electrons. The molecule has 0 amide bonds. The molecule has 0 spiro atoms. The maximum Gasteiger partial charge on any atom is 0.148 e. The van der Waals surface area contributed by atoms with Crippen LogP contribution < -0.4 is 10.1 Å². The number of fused-ring (bicyclic) bond motifs is 1. The summed E-state index contributed by atoms with van der Waals surface area (Å²) in [5, 5.41) is 6.03. The molecule has 1 aliphatic rings. The molecule has 1 fully saturated rings. The molecule has 2 nitrogen and oxygen atoms in total. The molecule has 0 heterocycles. The monoisotopic (exact) mass is 287 g/mol. The standard InChI is InChI=1S/C17H17NO.ClH/c1-2-11-19-17-10-7-13-5-3-4-6-15(13)16(17)12-18-14-8-9-14;/h1,3-7,10,14,18H,8-9,11-12H2;1H. The molecular formula is C17H18ClNO. The Balaban J connectivity index is 0.00000147. The van der Waals surface area contributed by atoms with Crippen molar-refractivity contribution >= 4 is 23.2 Å². The number of hydrogen-bond donors (Lipinski definition) is 1. The smallest absolute Gasteiger partial charge is 0.148 e. The predicted octanol–water partition coefficient (Wildman–Crippen LogP) is 3.53. The number of benzene rings is 2. The summed E-state index contributed by atoms with van der Waals surface area (Å²) in [5.74, 6) is 3.42.